The minimum absolute atomic E-state index is 0.470. The van der Waals surface area contributed by atoms with E-state index in [0.717, 1.165) is 0 Å². The smallest absolute Gasteiger partial charge is 0.160 e. The van der Waals surface area contributed by atoms with Crippen LogP contribution >= 0.6 is 0 Å². The van der Waals surface area contributed by atoms with Crippen LogP contribution in [0.3, 0.4) is 0 Å². The number of rotatable bonds is 4. The predicted molar refractivity (Wildman–Crippen MR) is 59.2 cm³/mol. The Morgan fingerprint density at radius 1 is 1.40 bits per heavy atom. The van der Waals surface area contributed by atoms with Crippen molar-refractivity contribution in [1.82, 2.24) is 9.97 Å². The first-order valence-electron chi connectivity index (χ1n) is 4.70. The Labute approximate surface area is 88.9 Å². The summed E-state index contributed by atoms with van der Waals surface area (Å²) in [7, 11) is 0. The van der Waals surface area contributed by atoms with Gasteiger partial charge in [-0.2, -0.15) is 0 Å². The lowest BCUT2D eigenvalue weighted by molar-refractivity contribution is 0.133. The molecule has 0 saturated carbocycles. The Morgan fingerprint density at radius 2 is 2.00 bits per heavy atom. The summed E-state index contributed by atoms with van der Waals surface area (Å²) in [6, 6.07) is 0. The quantitative estimate of drug-likeness (QED) is 0.423. The van der Waals surface area contributed by atoms with Crippen molar-refractivity contribution in [2.45, 2.75) is 32.4 Å². The first-order valence-corrected chi connectivity index (χ1v) is 4.70. The normalized spacial score (nSPS) is 13.4. The molecule has 15 heavy (non-hydrogen) atoms. The van der Waals surface area contributed by atoms with Gasteiger partial charge < -0.3 is 15.8 Å². The van der Waals surface area contributed by atoms with Crippen LogP contribution in [-0.4, -0.2) is 26.7 Å². The van der Waals surface area contributed by atoms with E-state index in [9.17, 15) is 5.11 Å². The lowest BCUT2D eigenvalue weighted by Gasteiger charge is -2.29. The Hall–Kier alpha value is -1.40. The van der Waals surface area contributed by atoms with E-state index >= 15 is 0 Å². The molecule has 0 aliphatic heterocycles. The van der Waals surface area contributed by atoms with Crippen LogP contribution in [0.4, 0.5) is 11.6 Å². The molecule has 84 valence electrons. The molecule has 6 nitrogen and oxygen atoms in total. The molecule has 1 atom stereocenters. The topological polar surface area (TPSA) is 96.1 Å². The molecule has 1 aromatic rings. The van der Waals surface area contributed by atoms with Crippen LogP contribution in [0.5, 0.6) is 0 Å². The summed E-state index contributed by atoms with van der Waals surface area (Å²) in [5.41, 5.74) is 1.94. The second-order valence-electron chi connectivity index (χ2n) is 3.96. The summed E-state index contributed by atoms with van der Waals surface area (Å²) in [6.07, 6.45) is 2.58. The highest BCUT2D eigenvalue weighted by Crippen LogP contribution is 2.16. The molecule has 0 bridgehead atoms. The number of hydrogen-bond donors (Lipinski definition) is 4. The van der Waals surface area contributed by atoms with Crippen LogP contribution < -0.4 is 16.6 Å². The molecule has 0 aromatic carbocycles. The van der Waals surface area contributed by atoms with Crippen molar-refractivity contribution in [3.05, 3.63) is 12.4 Å². The number of hydrazine groups is 1. The molecule has 5 N–H and O–H groups in total. The van der Waals surface area contributed by atoms with Gasteiger partial charge >= 0.3 is 0 Å². The van der Waals surface area contributed by atoms with Crippen LogP contribution in [0.15, 0.2) is 12.4 Å². The van der Waals surface area contributed by atoms with Gasteiger partial charge in [0.05, 0.1) is 24.0 Å². The molecule has 0 amide bonds. The number of hydrogen-bond acceptors (Lipinski definition) is 6. The van der Waals surface area contributed by atoms with Gasteiger partial charge in [-0.1, -0.05) is 0 Å². The fraction of sp³-hybridized carbons (Fsp3) is 0.556. The highest BCUT2D eigenvalue weighted by molar-refractivity contribution is 5.42. The number of aliphatic hydroxyl groups is 1. The molecule has 1 heterocycles. The van der Waals surface area contributed by atoms with Crippen molar-refractivity contribution >= 4 is 11.6 Å². The second-order valence-corrected chi connectivity index (χ2v) is 3.96. The third-order valence-corrected chi connectivity index (χ3v) is 2.28. The lowest BCUT2D eigenvalue weighted by Crippen LogP contribution is -2.42. The van der Waals surface area contributed by atoms with Gasteiger partial charge in [0.15, 0.2) is 5.82 Å². The summed E-state index contributed by atoms with van der Waals surface area (Å²) < 4.78 is 0. The van der Waals surface area contributed by atoms with Crippen LogP contribution in [0.2, 0.25) is 0 Å². The number of aliphatic hydroxyl groups excluding tert-OH is 1. The van der Waals surface area contributed by atoms with Gasteiger partial charge in [0.2, 0.25) is 0 Å². The van der Waals surface area contributed by atoms with Crippen LogP contribution in [0, 0.1) is 0 Å². The third kappa shape index (κ3) is 3.03. The van der Waals surface area contributed by atoms with Gasteiger partial charge in [-0.05, 0) is 20.8 Å². The maximum atomic E-state index is 9.52. The van der Waals surface area contributed by atoms with E-state index in [-0.39, 0.29) is 0 Å². The second kappa shape index (κ2) is 4.41. The summed E-state index contributed by atoms with van der Waals surface area (Å²) in [6.45, 7) is 5.47. The Kier molecular flexibility index (Phi) is 3.43. The lowest BCUT2D eigenvalue weighted by atomic mass is 9.99. The van der Waals surface area contributed by atoms with Gasteiger partial charge in [-0.15, -0.1) is 0 Å². The first-order chi connectivity index (χ1) is 6.95. The van der Waals surface area contributed by atoms with E-state index in [4.69, 9.17) is 5.84 Å². The highest BCUT2D eigenvalue weighted by atomic mass is 16.3. The predicted octanol–water partition coefficient (Wildman–Crippen LogP) is 0.333. The molecular formula is C9H17N5O. The Balaban J connectivity index is 2.80. The van der Waals surface area contributed by atoms with E-state index in [2.05, 4.69) is 20.7 Å². The number of nitrogens with zero attached hydrogens (tertiary/aromatic N) is 2. The zero-order chi connectivity index (χ0) is 11.5. The summed E-state index contributed by atoms with van der Waals surface area (Å²) in [5.74, 6) is 6.25. The molecular weight excluding hydrogens is 194 g/mol. The molecule has 6 heteroatoms. The van der Waals surface area contributed by atoms with Crippen LogP contribution in [0.25, 0.3) is 0 Å². The van der Waals surface area contributed by atoms with Gasteiger partial charge in [0.1, 0.15) is 5.82 Å². The molecule has 0 aliphatic carbocycles. The van der Waals surface area contributed by atoms with Crippen molar-refractivity contribution in [2.24, 2.45) is 5.84 Å². The van der Waals surface area contributed by atoms with Crippen molar-refractivity contribution in [3.63, 3.8) is 0 Å². The Bertz CT molecular complexity index is 326. The van der Waals surface area contributed by atoms with Gasteiger partial charge in [0.25, 0.3) is 0 Å². The zero-order valence-electron chi connectivity index (χ0n) is 9.15. The molecule has 1 aromatic heterocycles. The molecule has 1 unspecified atom stereocenters. The van der Waals surface area contributed by atoms with Gasteiger partial charge in [-0.25, -0.2) is 10.8 Å². The van der Waals surface area contributed by atoms with Crippen molar-refractivity contribution in [1.29, 1.82) is 0 Å². The summed E-state index contributed by atoms with van der Waals surface area (Å²) in [4.78, 5) is 8.09. The summed E-state index contributed by atoms with van der Waals surface area (Å²) >= 11 is 0. The van der Waals surface area contributed by atoms with Crippen LogP contribution in [0.1, 0.15) is 20.8 Å². The SMILES string of the molecule is CC(O)C(C)(C)Nc1cncc(NN)n1. The summed E-state index contributed by atoms with van der Waals surface area (Å²) in [5, 5.41) is 12.6. The molecule has 0 spiro atoms. The van der Waals surface area contributed by atoms with E-state index in [1.54, 1.807) is 13.1 Å². The highest BCUT2D eigenvalue weighted by Gasteiger charge is 2.24. The molecule has 0 radical (unpaired) electrons. The molecule has 0 saturated heterocycles. The number of nitrogens with one attached hydrogen (secondary N) is 2. The maximum Gasteiger partial charge on any atom is 0.160 e. The largest absolute Gasteiger partial charge is 0.391 e. The minimum Gasteiger partial charge on any atom is -0.391 e. The molecule has 0 fully saturated rings. The van der Waals surface area contributed by atoms with Crippen molar-refractivity contribution in [2.75, 3.05) is 10.7 Å². The van der Waals surface area contributed by atoms with Gasteiger partial charge in [0, 0.05) is 0 Å². The first kappa shape index (κ1) is 11.7. The minimum atomic E-state index is -0.506. The Morgan fingerprint density at radius 3 is 2.53 bits per heavy atom. The monoisotopic (exact) mass is 211 g/mol. The van der Waals surface area contributed by atoms with E-state index in [1.165, 1.54) is 6.20 Å². The van der Waals surface area contributed by atoms with Crippen LogP contribution in [-0.2, 0) is 0 Å². The average Bonchev–Trinajstić information content (AvgIpc) is 2.17. The standard InChI is InChI=1S/C9H17N5O/c1-6(15)9(2,3)13-7-4-11-5-8(12-7)14-10/h4-6,15H,10H2,1-3H3,(H2,12,13,14). The van der Waals surface area contributed by atoms with Crippen molar-refractivity contribution in [3.8, 4) is 0 Å². The van der Waals surface area contributed by atoms with Crippen molar-refractivity contribution < 1.29 is 5.11 Å². The fourth-order valence-corrected chi connectivity index (χ4v) is 0.930. The third-order valence-electron chi connectivity index (χ3n) is 2.28. The van der Waals surface area contributed by atoms with E-state index < -0.39 is 11.6 Å². The van der Waals surface area contributed by atoms with E-state index in [0.29, 0.717) is 11.6 Å². The number of nitrogens with two attached hydrogens (primary N) is 1. The molecule has 0 aliphatic rings. The maximum absolute atomic E-state index is 9.52. The zero-order valence-corrected chi connectivity index (χ0v) is 9.15. The number of nitrogen functional groups attached to an aromatic ring is 1. The fourth-order valence-electron chi connectivity index (χ4n) is 0.930. The van der Waals surface area contributed by atoms with Gasteiger partial charge in [-0.3, -0.25) is 4.98 Å². The van der Waals surface area contributed by atoms with E-state index in [1.807, 2.05) is 13.8 Å². The molecule has 1 rings (SSSR count). The number of anilines is 2. The number of aromatic nitrogens is 2. The average molecular weight is 211 g/mol.